The molecule has 0 saturated carbocycles. The van der Waals surface area contributed by atoms with Gasteiger partial charge < -0.3 is 10.4 Å². The summed E-state index contributed by atoms with van der Waals surface area (Å²) in [7, 11) is 0. The zero-order valence-corrected chi connectivity index (χ0v) is 9.77. The van der Waals surface area contributed by atoms with Crippen LogP contribution in [0.25, 0.3) is 0 Å². The van der Waals surface area contributed by atoms with E-state index in [-0.39, 0.29) is 11.8 Å². The number of thiophene rings is 1. The molecule has 0 aliphatic carbocycles. The van der Waals surface area contributed by atoms with Gasteiger partial charge in [0.15, 0.2) is 0 Å². The van der Waals surface area contributed by atoms with E-state index >= 15 is 0 Å². The smallest absolute Gasteiger partial charge is 0.308 e. The Morgan fingerprint density at radius 2 is 2.43 bits per heavy atom. The number of carbonyl (C=O) groups is 1. The summed E-state index contributed by atoms with van der Waals surface area (Å²) in [6, 6.07) is 2.01. The topological polar surface area (TPSA) is 49.3 Å². The molecule has 76 valence electrons. The van der Waals surface area contributed by atoms with Crippen LogP contribution in [0, 0.1) is 5.92 Å². The van der Waals surface area contributed by atoms with E-state index in [2.05, 4.69) is 21.2 Å². The van der Waals surface area contributed by atoms with Crippen LogP contribution in [0.2, 0.25) is 0 Å². The number of nitrogens with one attached hydrogen (secondary N) is 1. The van der Waals surface area contributed by atoms with Gasteiger partial charge in [0.05, 0.1) is 5.92 Å². The van der Waals surface area contributed by atoms with Gasteiger partial charge in [0.1, 0.15) is 0 Å². The largest absolute Gasteiger partial charge is 0.481 e. The minimum atomic E-state index is -0.704. The highest BCUT2D eigenvalue weighted by Crippen LogP contribution is 2.34. The van der Waals surface area contributed by atoms with Crippen molar-refractivity contribution in [3.63, 3.8) is 0 Å². The summed E-state index contributed by atoms with van der Waals surface area (Å²) in [6.07, 6.45) is 0. The van der Waals surface area contributed by atoms with Crippen molar-refractivity contribution in [2.24, 2.45) is 5.92 Å². The van der Waals surface area contributed by atoms with E-state index in [1.54, 1.807) is 11.3 Å². The maximum absolute atomic E-state index is 10.9. The molecule has 2 heterocycles. The van der Waals surface area contributed by atoms with Gasteiger partial charge in [-0.15, -0.1) is 11.3 Å². The monoisotopic (exact) mass is 275 g/mol. The Morgan fingerprint density at radius 1 is 1.64 bits per heavy atom. The molecule has 2 rings (SSSR count). The Bertz CT molecular complexity index is 352. The Kier molecular flexibility index (Phi) is 2.90. The van der Waals surface area contributed by atoms with Crippen molar-refractivity contribution in [3.8, 4) is 0 Å². The van der Waals surface area contributed by atoms with Crippen molar-refractivity contribution in [1.29, 1.82) is 0 Å². The quantitative estimate of drug-likeness (QED) is 0.867. The van der Waals surface area contributed by atoms with Crippen LogP contribution in [0.4, 0.5) is 0 Å². The Hall–Kier alpha value is -0.390. The maximum atomic E-state index is 10.9. The number of carboxylic acids is 1. The molecule has 2 N–H and O–H groups in total. The molecular weight excluding hydrogens is 266 g/mol. The molecule has 0 spiro atoms. The molecule has 3 nitrogen and oxygen atoms in total. The van der Waals surface area contributed by atoms with Crippen molar-refractivity contribution in [2.75, 3.05) is 13.1 Å². The lowest BCUT2D eigenvalue weighted by Crippen LogP contribution is -2.20. The zero-order valence-electron chi connectivity index (χ0n) is 7.37. The average Bonchev–Trinajstić information content (AvgIpc) is 2.70. The molecule has 1 fully saturated rings. The summed E-state index contributed by atoms with van der Waals surface area (Å²) in [4.78, 5) is 12.1. The van der Waals surface area contributed by atoms with Crippen LogP contribution in [-0.4, -0.2) is 24.2 Å². The number of hydrogen-bond donors (Lipinski definition) is 2. The molecule has 14 heavy (non-hydrogen) atoms. The molecule has 0 amide bonds. The normalized spacial score (nSPS) is 26.6. The predicted molar refractivity (Wildman–Crippen MR) is 58.8 cm³/mol. The number of carboxylic acid groups (broad SMARTS) is 1. The molecular formula is C9H10BrNO2S. The minimum absolute atomic E-state index is 0.129. The van der Waals surface area contributed by atoms with Crippen LogP contribution in [0.3, 0.4) is 0 Å². The molecule has 0 aromatic carbocycles. The van der Waals surface area contributed by atoms with Gasteiger partial charge in [-0.1, -0.05) is 0 Å². The maximum Gasteiger partial charge on any atom is 0.308 e. The van der Waals surface area contributed by atoms with E-state index in [1.165, 1.54) is 0 Å². The third kappa shape index (κ3) is 1.85. The molecule has 0 bridgehead atoms. The first-order valence-corrected chi connectivity index (χ1v) is 6.03. The van der Waals surface area contributed by atoms with Crippen molar-refractivity contribution in [1.82, 2.24) is 5.32 Å². The third-order valence-corrected chi connectivity index (χ3v) is 4.31. The predicted octanol–water partition coefficient (Wildman–Crippen LogP) is 1.90. The number of rotatable bonds is 2. The average molecular weight is 276 g/mol. The number of halogens is 1. The first kappa shape index (κ1) is 10.1. The van der Waals surface area contributed by atoms with E-state index in [0.29, 0.717) is 6.54 Å². The second-order valence-corrected chi connectivity index (χ2v) is 5.24. The van der Waals surface area contributed by atoms with Gasteiger partial charge in [0, 0.05) is 33.7 Å². The highest BCUT2D eigenvalue weighted by molar-refractivity contribution is 9.10. The Labute approximate surface area is 94.3 Å². The minimum Gasteiger partial charge on any atom is -0.481 e. The van der Waals surface area contributed by atoms with Crippen LogP contribution in [0.5, 0.6) is 0 Å². The van der Waals surface area contributed by atoms with Gasteiger partial charge in [0.25, 0.3) is 0 Å². The van der Waals surface area contributed by atoms with E-state index in [0.717, 1.165) is 15.9 Å². The fourth-order valence-electron chi connectivity index (χ4n) is 1.76. The summed E-state index contributed by atoms with van der Waals surface area (Å²) in [5.74, 6) is -0.853. The highest BCUT2D eigenvalue weighted by atomic mass is 79.9. The second kappa shape index (κ2) is 4.00. The molecule has 0 radical (unpaired) electrons. The van der Waals surface area contributed by atoms with Crippen LogP contribution in [0.15, 0.2) is 15.9 Å². The molecule has 2 atom stereocenters. The summed E-state index contributed by atoms with van der Waals surface area (Å²) in [6.45, 7) is 1.35. The summed E-state index contributed by atoms with van der Waals surface area (Å²) in [5.41, 5.74) is 0. The van der Waals surface area contributed by atoms with Gasteiger partial charge >= 0.3 is 5.97 Å². The second-order valence-electron chi connectivity index (χ2n) is 3.38. The fourth-order valence-corrected chi connectivity index (χ4v) is 3.37. The van der Waals surface area contributed by atoms with Gasteiger partial charge in [-0.3, -0.25) is 4.79 Å². The molecule has 5 heteroatoms. The number of aliphatic carboxylic acids is 1. The van der Waals surface area contributed by atoms with E-state index < -0.39 is 5.97 Å². The van der Waals surface area contributed by atoms with Crippen molar-refractivity contribution < 1.29 is 9.90 Å². The fraction of sp³-hybridized carbons (Fsp3) is 0.444. The van der Waals surface area contributed by atoms with Gasteiger partial charge in [-0.25, -0.2) is 0 Å². The van der Waals surface area contributed by atoms with E-state index in [4.69, 9.17) is 5.11 Å². The van der Waals surface area contributed by atoms with E-state index in [1.807, 2.05) is 11.4 Å². The molecule has 1 saturated heterocycles. The van der Waals surface area contributed by atoms with E-state index in [9.17, 15) is 4.79 Å². The van der Waals surface area contributed by atoms with Crippen LogP contribution in [0.1, 0.15) is 10.8 Å². The Balaban J connectivity index is 2.21. The van der Waals surface area contributed by atoms with Gasteiger partial charge in [0.2, 0.25) is 0 Å². The highest BCUT2D eigenvalue weighted by Gasteiger charge is 2.34. The van der Waals surface area contributed by atoms with Crippen LogP contribution >= 0.6 is 27.3 Å². The molecule has 1 aromatic heterocycles. The van der Waals surface area contributed by atoms with Crippen molar-refractivity contribution in [2.45, 2.75) is 5.92 Å². The SMILES string of the molecule is O=C(O)C1CNCC1c1cc(Br)cs1. The molecule has 1 aliphatic rings. The number of hydrogen-bond acceptors (Lipinski definition) is 3. The zero-order chi connectivity index (χ0) is 10.1. The molecule has 1 aromatic rings. The lowest BCUT2D eigenvalue weighted by atomic mass is 9.95. The van der Waals surface area contributed by atoms with Crippen molar-refractivity contribution >= 4 is 33.2 Å². The molecule has 2 unspecified atom stereocenters. The lowest BCUT2D eigenvalue weighted by molar-refractivity contribution is -0.141. The standard InChI is InChI=1S/C9H10BrNO2S/c10-5-1-8(14-4-5)6-2-11-3-7(6)9(12)13/h1,4,6-7,11H,2-3H2,(H,12,13). The summed E-state index contributed by atoms with van der Waals surface area (Å²) >= 11 is 5.00. The van der Waals surface area contributed by atoms with Crippen LogP contribution in [-0.2, 0) is 4.79 Å². The third-order valence-electron chi connectivity index (χ3n) is 2.48. The lowest BCUT2D eigenvalue weighted by Gasteiger charge is -2.11. The first-order chi connectivity index (χ1) is 6.68. The van der Waals surface area contributed by atoms with Gasteiger partial charge in [-0.05, 0) is 22.0 Å². The Morgan fingerprint density at radius 3 is 3.00 bits per heavy atom. The first-order valence-electron chi connectivity index (χ1n) is 4.36. The van der Waals surface area contributed by atoms with Gasteiger partial charge in [-0.2, -0.15) is 0 Å². The van der Waals surface area contributed by atoms with Crippen LogP contribution < -0.4 is 5.32 Å². The summed E-state index contributed by atoms with van der Waals surface area (Å²) < 4.78 is 1.04. The summed E-state index contributed by atoms with van der Waals surface area (Å²) in [5, 5.41) is 14.1. The molecule has 1 aliphatic heterocycles. The van der Waals surface area contributed by atoms with Crippen molar-refractivity contribution in [3.05, 3.63) is 20.8 Å².